The van der Waals surface area contributed by atoms with Crippen molar-refractivity contribution in [2.45, 2.75) is 0 Å². The second-order valence-electron chi connectivity index (χ2n) is 2.53. The molecule has 1 aliphatic rings. The van der Waals surface area contributed by atoms with Crippen molar-refractivity contribution in [3.8, 4) is 0 Å². The highest BCUT2D eigenvalue weighted by Crippen LogP contribution is 2.12. The standard InChI is InChI=1S/C6H13NO2/c8-2-1-7-3-6(4-7)5-9/h6,8-9H,1-5H2. The summed E-state index contributed by atoms with van der Waals surface area (Å²) in [5, 5.41) is 17.0. The number of β-amino-alcohol motifs (C(OH)–C–C–N with tert-alkyl or cyclic N) is 1. The van der Waals surface area contributed by atoms with Crippen LogP contribution in [0.1, 0.15) is 0 Å². The molecule has 0 radical (unpaired) electrons. The van der Waals surface area contributed by atoms with Gasteiger partial charge in [0.25, 0.3) is 0 Å². The van der Waals surface area contributed by atoms with Gasteiger partial charge in [-0.15, -0.1) is 0 Å². The lowest BCUT2D eigenvalue weighted by Crippen LogP contribution is -2.49. The summed E-state index contributed by atoms with van der Waals surface area (Å²) in [4.78, 5) is 2.13. The highest BCUT2D eigenvalue weighted by Gasteiger charge is 2.24. The first-order chi connectivity index (χ1) is 4.36. The maximum atomic E-state index is 8.58. The van der Waals surface area contributed by atoms with E-state index in [0.717, 1.165) is 19.6 Å². The molecule has 0 aromatic carbocycles. The van der Waals surface area contributed by atoms with E-state index in [1.807, 2.05) is 0 Å². The number of likely N-dealkylation sites (tertiary alicyclic amines) is 1. The van der Waals surface area contributed by atoms with Gasteiger partial charge < -0.3 is 15.1 Å². The largest absolute Gasteiger partial charge is 0.396 e. The van der Waals surface area contributed by atoms with Gasteiger partial charge in [0.2, 0.25) is 0 Å². The van der Waals surface area contributed by atoms with Crippen LogP contribution in [0.4, 0.5) is 0 Å². The number of hydrogen-bond acceptors (Lipinski definition) is 3. The zero-order valence-electron chi connectivity index (χ0n) is 5.45. The Hall–Kier alpha value is -0.120. The molecule has 1 saturated heterocycles. The van der Waals surface area contributed by atoms with E-state index in [2.05, 4.69) is 4.90 Å². The summed E-state index contributed by atoms with van der Waals surface area (Å²) in [5.41, 5.74) is 0. The van der Waals surface area contributed by atoms with Crippen molar-refractivity contribution in [1.29, 1.82) is 0 Å². The van der Waals surface area contributed by atoms with E-state index in [1.54, 1.807) is 0 Å². The molecule has 2 N–H and O–H groups in total. The summed E-state index contributed by atoms with van der Waals surface area (Å²) in [6.45, 7) is 3.20. The second-order valence-corrected chi connectivity index (χ2v) is 2.53. The summed E-state index contributed by atoms with van der Waals surface area (Å²) in [5.74, 6) is 0.469. The lowest BCUT2D eigenvalue weighted by atomic mass is 10.0. The molecular weight excluding hydrogens is 118 g/mol. The first-order valence-corrected chi connectivity index (χ1v) is 3.31. The van der Waals surface area contributed by atoms with Gasteiger partial charge in [-0.25, -0.2) is 0 Å². The molecule has 3 nitrogen and oxygen atoms in total. The summed E-state index contributed by atoms with van der Waals surface area (Å²) in [6, 6.07) is 0. The molecule has 0 unspecified atom stereocenters. The van der Waals surface area contributed by atoms with Gasteiger partial charge in [-0.2, -0.15) is 0 Å². The Kier molecular flexibility index (Phi) is 2.45. The van der Waals surface area contributed by atoms with Crippen molar-refractivity contribution in [3.05, 3.63) is 0 Å². The topological polar surface area (TPSA) is 43.7 Å². The Labute approximate surface area is 54.9 Å². The Morgan fingerprint density at radius 3 is 2.44 bits per heavy atom. The van der Waals surface area contributed by atoms with Crippen LogP contribution in [-0.2, 0) is 0 Å². The SMILES string of the molecule is OCCN1CC(CO)C1. The molecular formula is C6H13NO2. The van der Waals surface area contributed by atoms with Crippen LogP contribution in [0.3, 0.4) is 0 Å². The highest BCUT2D eigenvalue weighted by atomic mass is 16.3. The Morgan fingerprint density at radius 1 is 1.33 bits per heavy atom. The van der Waals surface area contributed by atoms with Gasteiger partial charge in [0.05, 0.1) is 6.61 Å². The quantitative estimate of drug-likeness (QED) is 0.511. The summed E-state index contributed by atoms with van der Waals surface area (Å²) in [6.07, 6.45) is 0. The predicted octanol–water partition coefficient (Wildman–Crippen LogP) is -1.10. The molecule has 0 aromatic rings. The first kappa shape index (κ1) is 6.99. The molecule has 9 heavy (non-hydrogen) atoms. The van der Waals surface area contributed by atoms with Gasteiger partial charge >= 0.3 is 0 Å². The monoisotopic (exact) mass is 131 g/mol. The van der Waals surface area contributed by atoms with Gasteiger partial charge in [-0.3, -0.25) is 0 Å². The van der Waals surface area contributed by atoms with Gasteiger partial charge in [-0.1, -0.05) is 0 Å². The number of hydrogen-bond donors (Lipinski definition) is 2. The van der Waals surface area contributed by atoms with E-state index in [1.165, 1.54) is 0 Å². The third-order valence-electron chi connectivity index (χ3n) is 1.71. The molecule has 1 aliphatic heterocycles. The fourth-order valence-corrected chi connectivity index (χ4v) is 1.12. The van der Waals surface area contributed by atoms with Gasteiger partial charge in [-0.05, 0) is 0 Å². The van der Waals surface area contributed by atoms with Crippen LogP contribution in [0.15, 0.2) is 0 Å². The average Bonchev–Trinajstić information content (AvgIpc) is 1.77. The first-order valence-electron chi connectivity index (χ1n) is 3.31. The van der Waals surface area contributed by atoms with Crippen LogP contribution in [0.5, 0.6) is 0 Å². The fourth-order valence-electron chi connectivity index (χ4n) is 1.12. The van der Waals surface area contributed by atoms with E-state index in [0.29, 0.717) is 12.5 Å². The van der Waals surface area contributed by atoms with Crippen LogP contribution >= 0.6 is 0 Å². The molecule has 0 saturated carbocycles. The molecule has 0 amide bonds. The summed E-state index contributed by atoms with van der Waals surface area (Å²) >= 11 is 0. The smallest absolute Gasteiger partial charge is 0.0558 e. The van der Waals surface area contributed by atoms with E-state index in [4.69, 9.17) is 10.2 Å². The number of nitrogens with zero attached hydrogens (tertiary/aromatic N) is 1. The van der Waals surface area contributed by atoms with Gasteiger partial charge in [0, 0.05) is 32.2 Å². The zero-order valence-corrected chi connectivity index (χ0v) is 5.45. The maximum Gasteiger partial charge on any atom is 0.0558 e. The van der Waals surface area contributed by atoms with Crippen molar-refractivity contribution in [3.63, 3.8) is 0 Å². The van der Waals surface area contributed by atoms with E-state index >= 15 is 0 Å². The minimum absolute atomic E-state index is 0.234. The van der Waals surface area contributed by atoms with Crippen molar-refractivity contribution in [2.24, 2.45) is 5.92 Å². The van der Waals surface area contributed by atoms with Crippen LogP contribution in [0.2, 0.25) is 0 Å². The van der Waals surface area contributed by atoms with Crippen LogP contribution in [-0.4, -0.2) is 48.0 Å². The van der Waals surface area contributed by atoms with Crippen molar-refractivity contribution in [1.82, 2.24) is 4.90 Å². The Bertz CT molecular complexity index is 81.1. The van der Waals surface area contributed by atoms with E-state index < -0.39 is 0 Å². The molecule has 0 spiro atoms. The van der Waals surface area contributed by atoms with E-state index in [9.17, 15) is 0 Å². The minimum atomic E-state index is 0.234. The Morgan fingerprint density at radius 2 is 2.00 bits per heavy atom. The summed E-state index contributed by atoms with van der Waals surface area (Å²) < 4.78 is 0. The third kappa shape index (κ3) is 1.64. The fraction of sp³-hybridized carbons (Fsp3) is 1.00. The zero-order chi connectivity index (χ0) is 6.69. The van der Waals surface area contributed by atoms with Gasteiger partial charge in [0.15, 0.2) is 0 Å². The average molecular weight is 131 g/mol. The Balaban J connectivity index is 1.98. The number of rotatable bonds is 3. The molecule has 54 valence electrons. The molecule has 0 atom stereocenters. The lowest BCUT2D eigenvalue weighted by Gasteiger charge is -2.37. The van der Waals surface area contributed by atoms with Gasteiger partial charge in [0.1, 0.15) is 0 Å². The molecule has 0 bridgehead atoms. The third-order valence-corrected chi connectivity index (χ3v) is 1.71. The highest BCUT2D eigenvalue weighted by molar-refractivity contribution is 4.78. The van der Waals surface area contributed by atoms with Crippen molar-refractivity contribution < 1.29 is 10.2 Å². The molecule has 0 aliphatic carbocycles. The number of aliphatic hydroxyl groups is 2. The molecule has 1 rings (SSSR count). The predicted molar refractivity (Wildman–Crippen MR) is 34.1 cm³/mol. The minimum Gasteiger partial charge on any atom is -0.396 e. The number of aliphatic hydroxyl groups excluding tert-OH is 2. The lowest BCUT2D eigenvalue weighted by molar-refractivity contribution is 0.0411. The second kappa shape index (κ2) is 3.15. The van der Waals surface area contributed by atoms with E-state index in [-0.39, 0.29) is 6.61 Å². The molecule has 1 fully saturated rings. The van der Waals surface area contributed by atoms with Crippen LogP contribution in [0.25, 0.3) is 0 Å². The van der Waals surface area contributed by atoms with Crippen molar-refractivity contribution in [2.75, 3.05) is 32.8 Å². The molecule has 1 heterocycles. The van der Waals surface area contributed by atoms with Crippen LogP contribution < -0.4 is 0 Å². The normalized spacial score (nSPS) is 22.0. The molecule has 0 aromatic heterocycles. The molecule has 3 heteroatoms. The maximum absolute atomic E-state index is 8.58. The van der Waals surface area contributed by atoms with Crippen molar-refractivity contribution >= 4 is 0 Å². The van der Waals surface area contributed by atoms with Crippen LogP contribution in [0, 0.1) is 5.92 Å². The summed E-state index contributed by atoms with van der Waals surface area (Å²) in [7, 11) is 0.